The lowest BCUT2D eigenvalue weighted by atomic mass is 10.2. The molecule has 6 nitrogen and oxygen atoms in total. The highest BCUT2D eigenvalue weighted by molar-refractivity contribution is 7.99. The van der Waals surface area contributed by atoms with E-state index in [-0.39, 0.29) is 23.1 Å². The van der Waals surface area contributed by atoms with Crippen LogP contribution < -0.4 is 10.9 Å². The molecule has 0 saturated carbocycles. The zero-order valence-corrected chi connectivity index (χ0v) is 13.2. The van der Waals surface area contributed by atoms with E-state index in [4.69, 9.17) is 0 Å². The molecule has 1 heterocycles. The van der Waals surface area contributed by atoms with Crippen LogP contribution >= 0.6 is 11.8 Å². The van der Waals surface area contributed by atoms with Gasteiger partial charge in [-0.3, -0.25) is 14.2 Å². The van der Waals surface area contributed by atoms with Gasteiger partial charge < -0.3 is 10.4 Å². The highest BCUT2D eigenvalue weighted by atomic mass is 32.2. The van der Waals surface area contributed by atoms with E-state index in [9.17, 15) is 14.7 Å². The standard InChI is InChI=1S/C15H17N3O3S/c1-3-18-14(21)8-12(19)17-15(18)22-9-13(20)16-11-6-4-10(2)5-7-11/h4-8,19H,3,9H2,1-2H3,(H,16,20). The van der Waals surface area contributed by atoms with Crippen LogP contribution in [0, 0.1) is 6.92 Å². The van der Waals surface area contributed by atoms with E-state index in [0.29, 0.717) is 17.4 Å². The lowest BCUT2D eigenvalue weighted by Crippen LogP contribution is -2.22. The minimum Gasteiger partial charge on any atom is -0.493 e. The Bertz CT molecular complexity index is 726. The predicted octanol–water partition coefficient (Wildman–Crippen LogP) is 2.01. The van der Waals surface area contributed by atoms with Crippen LogP contribution in [0.2, 0.25) is 0 Å². The smallest absolute Gasteiger partial charge is 0.257 e. The first-order chi connectivity index (χ1) is 10.5. The molecule has 22 heavy (non-hydrogen) atoms. The largest absolute Gasteiger partial charge is 0.493 e. The number of benzene rings is 1. The van der Waals surface area contributed by atoms with Gasteiger partial charge in [-0.1, -0.05) is 29.5 Å². The van der Waals surface area contributed by atoms with Gasteiger partial charge in [-0.05, 0) is 26.0 Å². The van der Waals surface area contributed by atoms with Crippen LogP contribution in [0.3, 0.4) is 0 Å². The molecule has 0 spiro atoms. The molecule has 116 valence electrons. The van der Waals surface area contributed by atoms with Crippen LogP contribution in [-0.4, -0.2) is 26.3 Å². The van der Waals surface area contributed by atoms with Crippen molar-refractivity contribution in [1.82, 2.24) is 9.55 Å². The van der Waals surface area contributed by atoms with Crippen LogP contribution in [0.1, 0.15) is 12.5 Å². The van der Waals surface area contributed by atoms with Gasteiger partial charge in [0.1, 0.15) is 0 Å². The Morgan fingerprint density at radius 2 is 2.05 bits per heavy atom. The van der Waals surface area contributed by atoms with Gasteiger partial charge >= 0.3 is 0 Å². The van der Waals surface area contributed by atoms with Crippen molar-refractivity contribution < 1.29 is 9.90 Å². The molecule has 7 heteroatoms. The topological polar surface area (TPSA) is 84.2 Å². The maximum absolute atomic E-state index is 11.9. The Kier molecular flexibility index (Phi) is 5.21. The Labute approximate surface area is 132 Å². The third kappa shape index (κ3) is 4.11. The second kappa shape index (κ2) is 7.13. The number of carbonyl (C=O) groups is 1. The summed E-state index contributed by atoms with van der Waals surface area (Å²) in [5.74, 6) is -0.436. The zero-order chi connectivity index (χ0) is 16.1. The number of hydrogen-bond acceptors (Lipinski definition) is 5. The molecule has 0 aliphatic heterocycles. The quantitative estimate of drug-likeness (QED) is 0.650. The lowest BCUT2D eigenvalue weighted by molar-refractivity contribution is -0.113. The van der Waals surface area contributed by atoms with Crippen LogP contribution in [0.15, 0.2) is 40.3 Å². The first-order valence-corrected chi connectivity index (χ1v) is 7.78. The lowest BCUT2D eigenvalue weighted by Gasteiger charge is -2.09. The van der Waals surface area contributed by atoms with Crippen LogP contribution in [0.4, 0.5) is 5.69 Å². The zero-order valence-electron chi connectivity index (χ0n) is 12.4. The first-order valence-electron chi connectivity index (χ1n) is 6.79. The van der Waals surface area contributed by atoms with Crippen LogP contribution in [0.5, 0.6) is 5.88 Å². The summed E-state index contributed by atoms with van der Waals surface area (Å²) in [5, 5.41) is 12.5. The minimum absolute atomic E-state index is 0.101. The molecule has 0 aliphatic carbocycles. The average Bonchev–Trinajstić information content (AvgIpc) is 2.47. The van der Waals surface area contributed by atoms with Gasteiger partial charge in [-0.25, -0.2) is 0 Å². The van der Waals surface area contributed by atoms with Crippen molar-refractivity contribution >= 4 is 23.4 Å². The summed E-state index contributed by atoms with van der Waals surface area (Å²) in [7, 11) is 0. The molecule has 0 radical (unpaired) electrons. The minimum atomic E-state index is -0.337. The number of anilines is 1. The van der Waals surface area contributed by atoms with E-state index < -0.39 is 0 Å². The number of aromatic hydroxyl groups is 1. The molecule has 1 aromatic heterocycles. The highest BCUT2D eigenvalue weighted by Gasteiger charge is 2.10. The van der Waals surface area contributed by atoms with Crippen molar-refractivity contribution in [2.45, 2.75) is 25.5 Å². The maximum atomic E-state index is 11.9. The van der Waals surface area contributed by atoms with Crippen LogP contribution in [0.25, 0.3) is 0 Å². The molecule has 0 fully saturated rings. The van der Waals surface area contributed by atoms with E-state index in [0.717, 1.165) is 23.4 Å². The third-order valence-electron chi connectivity index (χ3n) is 2.94. The normalized spacial score (nSPS) is 10.5. The molecule has 0 saturated heterocycles. The molecule has 0 aliphatic rings. The van der Waals surface area contributed by atoms with Crippen molar-refractivity contribution in [2.24, 2.45) is 0 Å². The second-order valence-corrected chi connectivity index (χ2v) is 5.62. The molecular formula is C15H17N3O3S. The highest BCUT2D eigenvalue weighted by Crippen LogP contribution is 2.17. The average molecular weight is 319 g/mol. The third-order valence-corrected chi connectivity index (χ3v) is 3.92. The molecular weight excluding hydrogens is 302 g/mol. The maximum Gasteiger partial charge on any atom is 0.257 e. The Morgan fingerprint density at radius 3 is 2.68 bits per heavy atom. The van der Waals surface area contributed by atoms with E-state index >= 15 is 0 Å². The summed E-state index contributed by atoms with van der Waals surface area (Å²) in [6.45, 7) is 4.20. The predicted molar refractivity (Wildman–Crippen MR) is 86.4 cm³/mol. The number of amides is 1. The summed E-state index contributed by atoms with van der Waals surface area (Å²) in [4.78, 5) is 27.5. The molecule has 1 amide bonds. The fraction of sp³-hybridized carbons (Fsp3) is 0.267. The molecule has 2 N–H and O–H groups in total. The summed E-state index contributed by atoms with van der Waals surface area (Å²) >= 11 is 1.11. The molecule has 0 bridgehead atoms. The van der Waals surface area contributed by atoms with Crippen molar-refractivity contribution in [1.29, 1.82) is 0 Å². The Morgan fingerprint density at radius 1 is 1.36 bits per heavy atom. The summed E-state index contributed by atoms with van der Waals surface area (Å²) < 4.78 is 1.41. The number of aryl methyl sites for hydroxylation is 1. The number of hydrogen-bond donors (Lipinski definition) is 2. The van der Waals surface area contributed by atoms with E-state index in [2.05, 4.69) is 10.3 Å². The summed E-state index contributed by atoms with van der Waals surface area (Å²) in [6.07, 6.45) is 0. The number of thioether (sulfide) groups is 1. The number of carbonyl (C=O) groups excluding carboxylic acids is 1. The molecule has 1 aromatic carbocycles. The SMILES string of the molecule is CCn1c(SCC(=O)Nc2ccc(C)cc2)nc(O)cc1=O. The summed E-state index contributed by atoms with van der Waals surface area (Å²) in [5.41, 5.74) is 1.49. The van der Waals surface area contributed by atoms with E-state index in [1.54, 1.807) is 6.92 Å². The van der Waals surface area contributed by atoms with E-state index in [1.165, 1.54) is 4.57 Å². The molecule has 2 aromatic rings. The molecule has 2 rings (SSSR count). The Balaban J connectivity index is 2.02. The van der Waals surface area contributed by atoms with Gasteiger partial charge in [0.2, 0.25) is 11.8 Å². The van der Waals surface area contributed by atoms with Gasteiger partial charge in [-0.15, -0.1) is 0 Å². The number of rotatable bonds is 5. The second-order valence-electron chi connectivity index (χ2n) is 4.68. The molecule has 0 unspecified atom stereocenters. The van der Waals surface area contributed by atoms with E-state index in [1.807, 2.05) is 31.2 Å². The van der Waals surface area contributed by atoms with Gasteiger partial charge in [0.25, 0.3) is 5.56 Å². The summed E-state index contributed by atoms with van der Waals surface area (Å²) in [6, 6.07) is 8.53. The first kappa shape index (κ1) is 16.1. The van der Waals surface area contributed by atoms with Crippen molar-refractivity contribution in [2.75, 3.05) is 11.1 Å². The number of aromatic nitrogens is 2. The molecule has 0 atom stereocenters. The van der Waals surface area contributed by atoms with Crippen LogP contribution in [-0.2, 0) is 11.3 Å². The number of nitrogens with one attached hydrogen (secondary N) is 1. The van der Waals surface area contributed by atoms with Gasteiger partial charge in [0, 0.05) is 12.2 Å². The van der Waals surface area contributed by atoms with Crippen molar-refractivity contribution in [3.63, 3.8) is 0 Å². The number of nitrogens with zero attached hydrogens (tertiary/aromatic N) is 2. The fourth-order valence-corrected chi connectivity index (χ4v) is 2.70. The van der Waals surface area contributed by atoms with Gasteiger partial charge in [0.05, 0.1) is 11.8 Å². The Hall–Kier alpha value is -2.28. The van der Waals surface area contributed by atoms with Crippen molar-refractivity contribution in [3.05, 3.63) is 46.2 Å². The van der Waals surface area contributed by atoms with Gasteiger partial charge in [0.15, 0.2) is 5.16 Å². The van der Waals surface area contributed by atoms with Crippen molar-refractivity contribution in [3.8, 4) is 5.88 Å². The van der Waals surface area contributed by atoms with Gasteiger partial charge in [-0.2, -0.15) is 4.98 Å². The monoisotopic (exact) mass is 319 g/mol. The fourth-order valence-electron chi connectivity index (χ4n) is 1.84.